The first-order valence-electron chi connectivity index (χ1n) is 6.99. The van der Waals surface area contributed by atoms with Gasteiger partial charge in [-0.05, 0) is 13.5 Å². The Bertz CT molecular complexity index is 359. The number of aromatic nitrogens is 2. The van der Waals surface area contributed by atoms with Gasteiger partial charge in [-0.3, -0.25) is 0 Å². The first-order valence-corrected chi connectivity index (χ1v) is 6.99. The third kappa shape index (κ3) is 5.40. The molecule has 114 valence electrons. The molecule has 0 aliphatic carbocycles. The summed E-state index contributed by atoms with van der Waals surface area (Å²) in [6.07, 6.45) is 3.73. The zero-order chi connectivity index (χ0) is 14.8. The summed E-state index contributed by atoms with van der Waals surface area (Å²) in [5.41, 5.74) is 1.08. The lowest BCUT2D eigenvalue weighted by atomic mass is 10.3. The zero-order valence-corrected chi connectivity index (χ0v) is 12.9. The summed E-state index contributed by atoms with van der Waals surface area (Å²) in [4.78, 5) is 11.0. The molecule has 1 aromatic rings. The molecule has 0 fully saturated rings. The van der Waals surface area contributed by atoms with Gasteiger partial charge >= 0.3 is 0 Å². The van der Waals surface area contributed by atoms with Crippen molar-refractivity contribution in [1.82, 2.24) is 15.3 Å². The molecule has 20 heavy (non-hydrogen) atoms. The second-order valence-corrected chi connectivity index (χ2v) is 4.66. The highest BCUT2D eigenvalue weighted by molar-refractivity contribution is 5.31. The minimum Gasteiger partial charge on any atom is -0.383 e. The van der Waals surface area contributed by atoms with E-state index in [2.05, 4.69) is 34.0 Å². The molecule has 0 aliphatic heterocycles. The van der Waals surface area contributed by atoms with Crippen LogP contribution in [0, 0.1) is 0 Å². The lowest BCUT2D eigenvalue weighted by Crippen LogP contribution is -2.39. The summed E-state index contributed by atoms with van der Waals surface area (Å²) in [7, 11) is 3.39. The summed E-state index contributed by atoms with van der Waals surface area (Å²) in [5.74, 6) is 0.715. The number of rotatable bonds is 10. The van der Waals surface area contributed by atoms with E-state index in [1.54, 1.807) is 14.2 Å². The van der Waals surface area contributed by atoms with Gasteiger partial charge in [0.25, 0.3) is 0 Å². The largest absolute Gasteiger partial charge is 0.383 e. The van der Waals surface area contributed by atoms with Gasteiger partial charge in [-0.15, -0.1) is 0 Å². The lowest BCUT2D eigenvalue weighted by molar-refractivity contribution is 0.170. The molecule has 1 rings (SSSR count). The van der Waals surface area contributed by atoms with Gasteiger partial charge in [0.15, 0.2) is 0 Å². The van der Waals surface area contributed by atoms with E-state index in [1.165, 1.54) is 0 Å². The Hall–Kier alpha value is -1.24. The third-order valence-electron chi connectivity index (χ3n) is 3.00. The van der Waals surface area contributed by atoms with Gasteiger partial charge in [-0.25, -0.2) is 9.97 Å². The van der Waals surface area contributed by atoms with Crippen LogP contribution in [-0.2, 0) is 16.0 Å². The first kappa shape index (κ1) is 16.8. The lowest BCUT2D eigenvalue weighted by Gasteiger charge is -2.28. The molecule has 1 atom stereocenters. The number of hydrogen-bond donors (Lipinski definition) is 1. The van der Waals surface area contributed by atoms with Crippen LogP contribution in [0.2, 0.25) is 0 Å². The van der Waals surface area contributed by atoms with Crippen molar-refractivity contribution in [2.24, 2.45) is 0 Å². The molecule has 1 heterocycles. The van der Waals surface area contributed by atoms with Crippen molar-refractivity contribution in [2.75, 3.05) is 45.4 Å². The summed E-state index contributed by atoms with van der Waals surface area (Å²) in [5, 5.41) is 3.26. The van der Waals surface area contributed by atoms with Gasteiger partial charge in [-0.2, -0.15) is 0 Å². The standard InChI is InChI=1S/C14H26N4O2/c1-5-15-8-13-9-16-14(17-10-13)18(6-7-19-3)12(2)11-20-4/h9-10,12,15H,5-8,11H2,1-4H3. The fraction of sp³-hybridized carbons (Fsp3) is 0.714. The molecule has 0 saturated carbocycles. The third-order valence-corrected chi connectivity index (χ3v) is 3.00. The van der Waals surface area contributed by atoms with Crippen molar-refractivity contribution in [3.05, 3.63) is 18.0 Å². The Morgan fingerprint density at radius 2 is 1.95 bits per heavy atom. The van der Waals surface area contributed by atoms with Crippen molar-refractivity contribution in [3.63, 3.8) is 0 Å². The number of ether oxygens (including phenoxy) is 2. The normalized spacial score (nSPS) is 12.4. The number of nitrogens with zero attached hydrogens (tertiary/aromatic N) is 3. The summed E-state index contributed by atoms with van der Waals surface area (Å²) in [6, 6.07) is 0.203. The van der Waals surface area contributed by atoms with Crippen LogP contribution in [0.5, 0.6) is 0 Å². The highest BCUT2D eigenvalue weighted by Gasteiger charge is 2.16. The van der Waals surface area contributed by atoms with Crippen LogP contribution in [0.15, 0.2) is 12.4 Å². The molecule has 0 bridgehead atoms. The molecule has 0 aliphatic rings. The van der Waals surface area contributed by atoms with E-state index in [0.717, 1.165) is 25.2 Å². The molecule has 1 unspecified atom stereocenters. The minimum atomic E-state index is 0.203. The summed E-state index contributed by atoms with van der Waals surface area (Å²) < 4.78 is 10.4. The average Bonchev–Trinajstić information content (AvgIpc) is 2.47. The average molecular weight is 282 g/mol. The maximum absolute atomic E-state index is 5.21. The number of methoxy groups -OCH3 is 2. The van der Waals surface area contributed by atoms with Crippen LogP contribution < -0.4 is 10.2 Å². The van der Waals surface area contributed by atoms with Crippen molar-refractivity contribution < 1.29 is 9.47 Å². The fourth-order valence-electron chi connectivity index (χ4n) is 1.90. The van der Waals surface area contributed by atoms with E-state index in [4.69, 9.17) is 9.47 Å². The van der Waals surface area contributed by atoms with Gasteiger partial charge in [0.2, 0.25) is 5.95 Å². The monoisotopic (exact) mass is 282 g/mol. The molecule has 0 spiro atoms. The van der Waals surface area contributed by atoms with Gasteiger partial charge in [0.05, 0.1) is 19.3 Å². The van der Waals surface area contributed by atoms with Crippen LogP contribution in [0.3, 0.4) is 0 Å². The highest BCUT2D eigenvalue weighted by atomic mass is 16.5. The van der Waals surface area contributed by atoms with E-state index >= 15 is 0 Å². The Balaban J connectivity index is 2.73. The second-order valence-electron chi connectivity index (χ2n) is 4.66. The van der Waals surface area contributed by atoms with Crippen LogP contribution in [0.25, 0.3) is 0 Å². The number of anilines is 1. The molecule has 0 aromatic carbocycles. The maximum Gasteiger partial charge on any atom is 0.225 e. The Labute approximate surface area is 121 Å². The van der Waals surface area contributed by atoms with Crippen LogP contribution >= 0.6 is 0 Å². The van der Waals surface area contributed by atoms with Crippen molar-refractivity contribution in [2.45, 2.75) is 26.4 Å². The van der Waals surface area contributed by atoms with Crippen molar-refractivity contribution in [3.8, 4) is 0 Å². The predicted octanol–water partition coefficient (Wildman–Crippen LogP) is 1.07. The molecule has 6 nitrogen and oxygen atoms in total. The molecule has 1 aromatic heterocycles. The predicted molar refractivity (Wildman–Crippen MR) is 80.0 cm³/mol. The van der Waals surface area contributed by atoms with Crippen LogP contribution in [-0.4, -0.2) is 56.5 Å². The van der Waals surface area contributed by atoms with E-state index in [-0.39, 0.29) is 6.04 Å². The van der Waals surface area contributed by atoms with Crippen molar-refractivity contribution >= 4 is 5.95 Å². The Kier molecular flexibility index (Phi) is 8.10. The van der Waals surface area contributed by atoms with E-state index in [9.17, 15) is 0 Å². The van der Waals surface area contributed by atoms with E-state index < -0.39 is 0 Å². The van der Waals surface area contributed by atoms with Gasteiger partial charge in [-0.1, -0.05) is 6.92 Å². The molecule has 0 saturated heterocycles. The highest BCUT2D eigenvalue weighted by Crippen LogP contribution is 2.11. The van der Waals surface area contributed by atoms with Gasteiger partial charge in [0, 0.05) is 45.3 Å². The summed E-state index contributed by atoms with van der Waals surface area (Å²) in [6.45, 7) is 7.91. The molecular formula is C14H26N4O2. The Morgan fingerprint density at radius 1 is 1.25 bits per heavy atom. The summed E-state index contributed by atoms with van der Waals surface area (Å²) >= 11 is 0. The molecule has 6 heteroatoms. The quantitative estimate of drug-likeness (QED) is 0.693. The smallest absolute Gasteiger partial charge is 0.225 e. The van der Waals surface area contributed by atoms with Crippen LogP contribution in [0.1, 0.15) is 19.4 Å². The molecule has 0 amide bonds. The SMILES string of the molecule is CCNCc1cnc(N(CCOC)C(C)COC)nc1. The van der Waals surface area contributed by atoms with Crippen molar-refractivity contribution in [1.29, 1.82) is 0 Å². The maximum atomic E-state index is 5.21. The second kappa shape index (κ2) is 9.63. The molecule has 0 radical (unpaired) electrons. The van der Waals surface area contributed by atoms with E-state index in [1.807, 2.05) is 12.4 Å². The Morgan fingerprint density at radius 3 is 2.50 bits per heavy atom. The fourth-order valence-corrected chi connectivity index (χ4v) is 1.90. The zero-order valence-electron chi connectivity index (χ0n) is 12.9. The van der Waals surface area contributed by atoms with E-state index in [0.29, 0.717) is 19.2 Å². The molecular weight excluding hydrogens is 256 g/mol. The van der Waals surface area contributed by atoms with Gasteiger partial charge < -0.3 is 19.7 Å². The number of nitrogens with one attached hydrogen (secondary N) is 1. The topological polar surface area (TPSA) is 59.5 Å². The molecule has 1 N–H and O–H groups in total. The first-order chi connectivity index (χ1) is 9.72. The minimum absolute atomic E-state index is 0.203. The van der Waals surface area contributed by atoms with Gasteiger partial charge in [0.1, 0.15) is 0 Å². The van der Waals surface area contributed by atoms with Crippen LogP contribution in [0.4, 0.5) is 5.95 Å². The number of hydrogen-bond acceptors (Lipinski definition) is 6.